The third-order valence-corrected chi connectivity index (χ3v) is 10.2. The van der Waals surface area contributed by atoms with Crippen LogP contribution in [0.5, 0.6) is 0 Å². The lowest BCUT2D eigenvalue weighted by atomic mass is 9.68. The molecule has 0 saturated carbocycles. The predicted molar refractivity (Wildman–Crippen MR) is 176 cm³/mol. The van der Waals surface area contributed by atoms with E-state index in [0.29, 0.717) is 26.0 Å². The predicted octanol–water partition coefficient (Wildman–Crippen LogP) is 4.27. The maximum Gasteiger partial charge on any atom is 0.245 e. The number of hydroxylamine groups is 1. The molecule has 2 unspecified atom stereocenters. The van der Waals surface area contributed by atoms with Gasteiger partial charge < -0.3 is 15.4 Å². The van der Waals surface area contributed by atoms with Gasteiger partial charge in [0.05, 0.1) is 35.5 Å². The minimum absolute atomic E-state index is 0.0342. The molecule has 0 aliphatic heterocycles. The van der Waals surface area contributed by atoms with Crippen molar-refractivity contribution in [3.63, 3.8) is 0 Å². The van der Waals surface area contributed by atoms with E-state index in [-0.39, 0.29) is 36.2 Å². The number of sulfonamides is 1. The van der Waals surface area contributed by atoms with E-state index in [1.54, 1.807) is 37.7 Å². The fourth-order valence-electron chi connectivity index (χ4n) is 6.05. The molecule has 11 heteroatoms. The molecule has 0 bridgehead atoms. The Labute approximate surface area is 267 Å². The first kappa shape index (κ1) is 36.1. The van der Waals surface area contributed by atoms with Crippen LogP contribution in [0.2, 0.25) is 0 Å². The Bertz CT molecular complexity index is 1520. The van der Waals surface area contributed by atoms with E-state index in [1.807, 2.05) is 75.4 Å². The third-order valence-electron chi connectivity index (χ3n) is 8.22. The second-order valence-corrected chi connectivity index (χ2v) is 14.0. The van der Waals surface area contributed by atoms with Gasteiger partial charge >= 0.3 is 0 Å². The number of ether oxygens (including phenoxy) is 1. The maximum absolute atomic E-state index is 14.9. The molecule has 0 aliphatic carbocycles. The van der Waals surface area contributed by atoms with E-state index in [0.717, 1.165) is 16.3 Å². The van der Waals surface area contributed by atoms with E-state index < -0.39 is 33.4 Å². The van der Waals surface area contributed by atoms with Crippen molar-refractivity contribution in [2.45, 2.75) is 69.4 Å². The van der Waals surface area contributed by atoms with Crippen molar-refractivity contribution in [1.82, 2.24) is 20.4 Å². The van der Waals surface area contributed by atoms with Crippen LogP contribution in [0.1, 0.15) is 52.5 Å². The number of hydrogen-bond acceptors (Lipinski definition) is 7. The summed E-state index contributed by atoms with van der Waals surface area (Å²) in [6, 6.07) is 22.0. The molecule has 4 N–H and O–H groups in total. The maximum atomic E-state index is 14.9. The van der Waals surface area contributed by atoms with Crippen LogP contribution in [-0.4, -0.2) is 74.2 Å². The van der Waals surface area contributed by atoms with Crippen LogP contribution in [-0.2, 0) is 30.8 Å². The van der Waals surface area contributed by atoms with Gasteiger partial charge in [-0.25, -0.2) is 13.9 Å². The number of amides is 2. The Kier molecular flexibility index (Phi) is 13.1. The van der Waals surface area contributed by atoms with Gasteiger partial charge in [0.25, 0.3) is 0 Å². The van der Waals surface area contributed by atoms with Crippen LogP contribution in [0.4, 0.5) is 0 Å². The van der Waals surface area contributed by atoms with Crippen molar-refractivity contribution in [2.75, 3.05) is 33.4 Å². The Morgan fingerprint density at radius 1 is 0.978 bits per heavy atom. The Hall–Kier alpha value is -3.35. The first-order valence-corrected chi connectivity index (χ1v) is 16.9. The molecule has 246 valence electrons. The van der Waals surface area contributed by atoms with Crippen molar-refractivity contribution in [3.05, 3.63) is 78.4 Å². The first-order chi connectivity index (χ1) is 21.4. The molecule has 3 rings (SSSR count). The van der Waals surface area contributed by atoms with Crippen molar-refractivity contribution < 1.29 is 28.0 Å². The zero-order valence-corrected chi connectivity index (χ0v) is 27.8. The molecule has 0 aliphatic rings. The molecule has 0 radical (unpaired) electrons. The first-order valence-electron chi connectivity index (χ1n) is 15.4. The summed E-state index contributed by atoms with van der Waals surface area (Å²) in [5.74, 6) is -1.25. The van der Waals surface area contributed by atoms with Gasteiger partial charge in [-0.1, -0.05) is 87.9 Å². The van der Waals surface area contributed by atoms with Gasteiger partial charge in [0.15, 0.2) is 0 Å². The van der Waals surface area contributed by atoms with Gasteiger partial charge in [0, 0.05) is 20.2 Å². The summed E-state index contributed by atoms with van der Waals surface area (Å²) in [4.78, 5) is 26.9. The normalized spacial score (nSPS) is 14.7. The van der Waals surface area contributed by atoms with Gasteiger partial charge in [-0.15, -0.1) is 0 Å². The van der Waals surface area contributed by atoms with E-state index in [1.165, 1.54) is 4.31 Å². The summed E-state index contributed by atoms with van der Waals surface area (Å²) >= 11 is 0. The number of nitrogens with zero attached hydrogens (tertiary/aromatic N) is 1. The van der Waals surface area contributed by atoms with Crippen LogP contribution >= 0.6 is 0 Å². The average Bonchev–Trinajstić information content (AvgIpc) is 3.01. The zero-order valence-electron chi connectivity index (χ0n) is 27.0. The van der Waals surface area contributed by atoms with E-state index in [9.17, 15) is 23.2 Å². The standard InChI is InChI=1S/C34H48N4O6S/c1-6-18-34(22-27-12-8-7-9-13-27,36-32(40)24-35-19-20-44-5)33(4,23-31(39)37-41)38(25-26(2)3)45(42,43)30-17-16-28-14-10-11-15-29(28)21-30/h7-17,21,26,35,41H,6,18-20,22-25H2,1-5H3,(H,36,40)(H,37,39). The monoisotopic (exact) mass is 640 g/mol. The lowest BCUT2D eigenvalue weighted by Gasteiger charge is -2.54. The molecule has 0 saturated heterocycles. The molecule has 0 spiro atoms. The molecule has 3 aromatic rings. The van der Waals surface area contributed by atoms with Gasteiger partial charge in [0.1, 0.15) is 0 Å². The van der Waals surface area contributed by atoms with Crippen LogP contribution in [0, 0.1) is 5.92 Å². The zero-order chi connectivity index (χ0) is 33.1. The minimum Gasteiger partial charge on any atom is -0.383 e. The molecule has 3 aromatic carbocycles. The quantitative estimate of drug-likeness (QED) is 0.0926. The highest BCUT2D eigenvalue weighted by Gasteiger charge is 2.56. The number of methoxy groups -OCH3 is 1. The summed E-state index contributed by atoms with van der Waals surface area (Å²) in [5.41, 5.74) is -0.221. The highest BCUT2D eigenvalue weighted by Crippen LogP contribution is 2.42. The summed E-state index contributed by atoms with van der Waals surface area (Å²) in [7, 11) is -2.69. The number of carbonyl (C=O) groups is 2. The number of rotatable bonds is 18. The van der Waals surface area contributed by atoms with Gasteiger partial charge in [-0.3, -0.25) is 14.8 Å². The average molecular weight is 641 g/mol. The van der Waals surface area contributed by atoms with Crippen LogP contribution in [0.25, 0.3) is 10.8 Å². The smallest absolute Gasteiger partial charge is 0.245 e. The summed E-state index contributed by atoms with van der Waals surface area (Å²) in [6.45, 7) is 8.38. The molecule has 0 heterocycles. The Morgan fingerprint density at radius 3 is 2.27 bits per heavy atom. The van der Waals surface area contributed by atoms with Crippen LogP contribution in [0.3, 0.4) is 0 Å². The van der Waals surface area contributed by atoms with Gasteiger partial charge in [0.2, 0.25) is 21.8 Å². The minimum atomic E-state index is -4.26. The second kappa shape index (κ2) is 16.3. The molecular weight excluding hydrogens is 592 g/mol. The van der Waals surface area contributed by atoms with Gasteiger partial charge in [-0.2, -0.15) is 4.31 Å². The summed E-state index contributed by atoms with van der Waals surface area (Å²) in [5, 5.41) is 17.7. The molecule has 10 nitrogen and oxygen atoms in total. The second-order valence-electron chi connectivity index (χ2n) is 12.1. The molecule has 0 aromatic heterocycles. The number of nitrogens with one attached hydrogen (secondary N) is 3. The van der Waals surface area contributed by atoms with Crippen LogP contribution in [0.15, 0.2) is 77.7 Å². The highest BCUT2D eigenvalue weighted by molar-refractivity contribution is 7.89. The fraction of sp³-hybridized carbons (Fsp3) is 0.471. The van der Waals surface area contributed by atoms with E-state index >= 15 is 0 Å². The molecule has 0 fully saturated rings. The lowest BCUT2D eigenvalue weighted by Crippen LogP contribution is -2.73. The van der Waals surface area contributed by atoms with Crippen molar-refractivity contribution >= 4 is 32.6 Å². The highest BCUT2D eigenvalue weighted by atomic mass is 32.2. The van der Waals surface area contributed by atoms with Crippen molar-refractivity contribution in [2.24, 2.45) is 5.92 Å². The topological polar surface area (TPSA) is 137 Å². The van der Waals surface area contributed by atoms with E-state index in [4.69, 9.17) is 4.74 Å². The molecular formula is C34H48N4O6S. The van der Waals surface area contributed by atoms with Crippen molar-refractivity contribution in [1.29, 1.82) is 0 Å². The van der Waals surface area contributed by atoms with Gasteiger partial charge in [-0.05, 0) is 54.2 Å². The largest absolute Gasteiger partial charge is 0.383 e. The fourth-order valence-corrected chi connectivity index (χ4v) is 8.08. The SMILES string of the molecule is CCCC(Cc1ccccc1)(NC(=O)CNCCOC)C(C)(CC(=O)NO)N(CC(C)C)S(=O)(=O)c1ccc2ccccc2c1. The van der Waals surface area contributed by atoms with E-state index in [2.05, 4.69) is 10.6 Å². The Morgan fingerprint density at radius 2 is 1.64 bits per heavy atom. The summed E-state index contributed by atoms with van der Waals surface area (Å²) in [6.07, 6.45) is 0.755. The van der Waals surface area contributed by atoms with Crippen molar-refractivity contribution in [3.8, 4) is 0 Å². The third kappa shape index (κ3) is 8.89. The molecule has 2 atom stereocenters. The number of carbonyl (C=O) groups excluding carboxylic acids is 2. The Balaban J connectivity index is 2.30. The molecule has 45 heavy (non-hydrogen) atoms. The number of benzene rings is 3. The lowest BCUT2D eigenvalue weighted by molar-refractivity contribution is -0.135. The number of fused-ring (bicyclic) bond motifs is 1. The molecule has 2 amide bonds. The summed E-state index contributed by atoms with van der Waals surface area (Å²) < 4.78 is 36.2. The van der Waals surface area contributed by atoms with Crippen LogP contribution < -0.4 is 16.1 Å². The number of hydrogen-bond donors (Lipinski definition) is 4.